The molecule has 0 bridgehead atoms. The maximum atomic E-state index is 12.7. The van der Waals surface area contributed by atoms with Gasteiger partial charge in [0.05, 0.1) is 0 Å². The molecule has 1 fully saturated rings. The Kier molecular flexibility index (Phi) is 2.82. The molecule has 2 heteroatoms. The summed E-state index contributed by atoms with van der Waals surface area (Å²) in [5.41, 5.74) is 1.26. The lowest BCUT2D eigenvalue weighted by Gasteiger charge is -2.29. The van der Waals surface area contributed by atoms with Crippen LogP contribution in [-0.2, 0) is 0 Å². The smallest absolute Gasteiger partial charge is 0.123 e. The Balaban J connectivity index is 2.16. The first-order chi connectivity index (χ1) is 6.77. The third-order valence-corrected chi connectivity index (χ3v) is 3.13. The van der Waals surface area contributed by atoms with E-state index in [4.69, 9.17) is 0 Å². The van der Waals surface area contributed by atoms with Gasteiger partial charge >= 0.3 is 0 Å². The predicted molar refractivity (Wildman–Crippen MR) is 55.8 cm³/mol. The molecular formula is C12H16FN. The first kappa shape index (κ1) is 9.66. The molecule has 2 unspecified atom stereocenters. The van der Waals surface area contributed by atoms with Gasteiger partial charge in [0.2, 0.25) is 0 Å². The van der Waals surface area contributed by atoms with Crippen molar-refractivity contribution in [2.24, 2.45) is 5.92 Å². The molecule has 1 aromatic carbocycles. The van der Waals surface area contributed by atoms with Gasteiger partial charge in [0, 0.05) is 6.54 Å². The molecule has 1 aromatic rings. The number of piperidine rings is 1. The number of nitrogens with one attached hydrogen (secondary N) is 1. The molecule has 1 aliphatic heterocycles. The topological polar surface area (TPSA) is 12.0 Å². The van der Waals surface area contributed by atoms with Crippen molar-refractivity contribution in [2.45, 2.75) is 19.3 Å². The number of hydrogen-bond donors (Lipinski definition) is 1. The first-order valence-corrected chi connectivity index (χ1v) is 5.23. The summed E-state index contributed by atoms with van der Waals surface area (Å²) in [6, 6.07) is 6.92. The van der Waals surface area contributed by atoms with Gasteiger partial charge in [-0.3, -0.25) is 0 Å². The number of halogens is 1. The molecule has 0 spiro atoms. The highest BCUT2D eigenvalue weighted by atomic mass is 19.1. The fraction of sp³-hybridized carbons (Fsp3) is 0.500. The normalized spacial score (nSPS) is 27.6. The van der Waals surface area contributed by atoms with Crippen molar-refractivity contribution in [3.05, 3.63) is 35.6 Å². The molecule has 0 saturated carbocycles. The second-order valence-corrected chi connectivity index (χ2v) is 4.13. The van der Waals surface area contributed by atoms with Crippen molar-refractivity contribution in [3.63, 3.8) is 0 Å². The van der Waals surface area contributed by atoms with Crippen molar-refractivity contribution < 1.29 is 4.39 Å². The zero-order valence-electron chi connectivity index (χ0n) is 8.46. The fourth-order valence-electron chi connectivity index (χ4n) is 2.15. The molecule has 1 saturated heterocycles. The molecule has 0 amide bonds. The Morgan fingerprint density at radius 2 is 2.00 bits per heavy atom. The highest BCUT2D eigenvalue weighted by molar-refractivity contribution is 5.22. The summed E-state index contributed by atoms with van der Waals surface area (Å²) in [5, 5.41) is 3.38. The van der Waals surface area contributed by atoms with Crippen molar-refractivity contribution in [2.75, 3.05) is 13.1 Å². The van der Waals surface area contributed by atoms with Crippen LogP contribution in [0.2, 0.25) is 0 Å². The minimum Gasteiger partial charge on any atom is -0.316 e. The van der Waals surface area contributed by atoms with Gasteiger partial charge in [-0.25, -0.2) is 4.39 Å². The van der Waals surface area contributed by atoms with Gasteiger partial charge in [0.25, 0.3) is 0 Å². The van der Waals surface area contributed by atoms with Crippen LogP contribution in [0.4, 0.5) is 4.39 Å². The second kappa shape index (κ2) is 4.09. The number of benzene rings is 1. The Morgan fingerprint density at radius 1 is 1.29 bits per heavy atom. The van der Waals surface area contributed by atoms with Crippen molar-refractivity contribution in [3.8, 4) is 0 Å². The summed E-state index contributed by atoms with van der Waals surface area (Å²) in [6.07, 6.45) is 1.21. The lowest BCUT2D eigenvalue weighted by atomic mass is 9.83. The first-order valence-electron chi connectivity index (χ1n) is 5.23. The van der Waals surface area contributed by atoms with E-state index in [0.717, 1.165) is 13.1 Å². The molecule has 2 rings (SSSR count). The maximum Gasteiger partial charge on any atom is 0.123 e. The fourth-order valence-corrected chi connectivity index (χ4v) is 2.15. The quantitative estimate of drug-likeness (QED) is 0.722. The lowest BCUT2D eigenvalue weighted by molar-refractivity contribution is 0.348. The molecule has 0 aliphatic carbocycles. The van der Waals surface area contributed by atoms with E-state index in [1.807, 2.05) is 12.1 Å². The summed E-state index contributed by atoms with van der Waals surface area (Å²) in [4.78, 5) is 0. The molecule has 1 N–H and O–H groups in total. The zero-order chi connectivity index (χ0) is 9.97. The van der Waals surface area contributed by atoms with E-state index in [-0.39, 0.29) is 5.82 Å². The van der Waals surface area contributed by atoms with Gasteiger partial charge in [-0.15, -0.1) is 0 Å². The molecule has 14 heavy (non-hydrogen) atoms. The van der Waals surface area contributed by atoms with Gasteiger partial charge < -0.3 is 5.32 Å². The van der Waals surface area contributed by atoms with Gasteiger partial charge in [-0.1, -0.05) is 19.1 Å². The van der Waals surface area contributed by atoms with Crippen LogP contribution in [0.3, 0.4) is 0 Å². The minimum atomic E-state index is -0.148. The standard InChI is InChI=1S/C12H16FN/c1-9-6-7-14-8-12(9)10-2-4-11(13)5-3-10/h2-5,9,12,14H,6-8H2,1H3. The molecule has 1 nitrogen and oxygen atoms in total. The SMILES string of the molecule is CC1CCNCC1c1ccc(F)cc1. The highest BCUT2D eigenvalue weighted by Crippen LogP contribution is 2.28. The van der Waals surface area contributed by atoms with E-state index in [1.54, 1.807) is 12.1 Å². The molecular weight excluding hydrogens is 177 g/mol. The lowest BCUT2D eigenvalue weighted by Crippen LogP contribution is -2.33. The second-order valence-electron chi connectivity index (χ2n) is 4.13. The average Bonchev–Trinajstić information content (AvgIpc) is 2.20. The summed E-state index contributed by atoms with van der Waals surface area (Å²) < 4.78 is 12.7. The van der Waals surface area contributed by atoms with Crippen LogP contribution in [0.5, 0.6) is 0 Å². The van der Waals surface area contributed by atoms with Crippen LogP contribution in [0.15, 0.2) is 24.3 Å². The molecule has 1 heterocycles. The maximum absolute atomic E-state index is 12.7. The van der Waals surface area contributed by atoms with E-state index >= 15 is 0 Å². The van der Waals surface area contributed by atoms with E-state index < -0.39 is 0 Å². The van der Waals surface area contributed by atoms with E-state index in [9.17, 15) is 4.39 Å². The minimum absolute atomic E-state index is 0.148. The van der Waals surface area contributed by atoms with Gasteiger partial charge in [0.1, 0.15) is 5.82 Å². The summed E-state index contributed by atoms with van der Waals surface area (Å²) >= 11 is 0. The van der Waals surface area contributed by atoms with Crippen molar-refractivity contribution in [1.29, 1.82) is 0 Å². The Morgan fingerprint density at radius 3 is 2.64 bits per heavy atom. The molecule has 2 atom stereocenters. The largest absolute Gasteiger partial charge is 0.316 e. The Labute approximate surface area is 84.3 Å². The van der Waals surface area contributed by atoms with Gasteiger partial charge in [-0.05, 0) is 42.5 Å². The monoisotopic (exact) mass is 193 g/mol. The zero-order valence-corrected chi connectivity index (χ0v) is 8.46. The van der Waals surface area contributed by atoms with Gasteiger partial charge in [-0.2, -0.15) is 0 Å². The number of rotatable bonds is 1. The summed E-state index contributed by atoms with van der Waals surface area (Å²) in [5.74, 6) is 1.09. The van der Waals surface area contributed by atoms with E-state index in [0.29, 0.717) is 11.8 Å². The Bertz CT molecular complexity index is 294. The third-order valence-electron chi connectivity index (χ3n) is 3.13. The molecule has 0 aromatic heterocycles. The molecule has 0 radical (unpaired) electrons. The Hall–Kier alpha value is -0.890. The highest BCUT2D eigenvalue weighted by Gasteiger charge is 2.22. The van der Waals surface area contributed by atoms with E-state index in [2.05, 4.69) is 12.2 Å². The average molecular weight is 193 g/mol. The number of hydrogen-bond acceptors (Lipinski definition) is 1. The summed E-state index contributed by atoms with van der Waals surface area (Å²) in [7, 11) is 0. The predicted octanol–water partition coefficient (Wildman–Crippen LogP) is 2.54. The summed E-state index contributed by atoms with van der Waals surface area (Å²) in [6.45, 7) is 4.40. The van der Waals surface area contributed by atoms with Crippen LogP contribution in [0.25, 0.3) is 0 Å². The van der Waals surface area contributed by atoms with Crippen LogP contribution >= 0.6 is 0 Å². The van der Waals surface area contributed by atoms with Crippen LogP contribution in [0.1, 0.15) is 24.8 Å². The van der Waals surface area contributed by atoms with Crippen LogP contribution in [0, 0.1) is 11.7 Å². The van der Waals surface area contributed by atoms with Crippen LogP contribution < -0.4 is 5.32 Å². The molecule has 76 valence electrons. The van der Waals surface area contributed by atoms with Gasteiger partial charge in [0.15, 0.2) is 0 Å². The van der Waals surface area contributed by atoms with Crippen molar-refractivity contribution >= 4 is 0 Å². The van der Waals surface area contributed by atoms with Crippen molar-refractivity contribution in [1.82, 2.24) is 5.32 Å². The third kappa shape index (κ3) is 1.95. The molecule has 1 aliphatic rings. The van der Waals surface area contributed by atoms with E-state index in [1.165, 1.54) is 12.0 Å². The van der Waals surface area contributed by atoms with Crippen LogP contribution in [-0.4, -0.2) is 13.1 Å².